The normalized spacial score (nSPS) is 9.88. The molecule has 1 aromatic carbocycles. The predicted molar refractivity (Wildman–Crippen MR) is 61.6 cm³/mol. The lowest BCUT2D eigenvalue weighted by Crippen LogP contribution is -2.18. The van der Waals surface area contributed by atoms with Gasteiger partial charge in [-0.15, -0.1) is 0 Å². The molecule has 4 heteroatoms. The van der Waals surface area contributed by atoms with Gasteiger partial charge in [0.1, 0.15) is 11.5 Å². The second-order valence-electron chi connectivity index (χ2n) is 3.53. The fourth-order valence-corrected chi connectivity index (χ4v) is 1.30. The number of carbonyl (C=O) groups is 1. The Morgan fingerprint density at radius 1 is 1.50 bits per heavy atom. The van der Waals surface area contributed by atoms with Gasteiger partial charge in [-0.3, -0.25) is 4.79 Å². The van der Waals surface area contributed by atoms with Gasteiger partial charge in [-0.05, 0) is 25.5 Å². The molecule has 0 bridgehead atoms. The number of phenols is 1. The fraction of sp³-hybridized carbons (Fsp3) is 0.417. The van der Waals surface area contributed by atoms with Crippen molar-refractivity contribution >= 4 is 5.91 Å². The summed E-state index contributed by atoms with van der Waals surface area (Å²) in [5.41, 5.74) is 0.724. The molecule has 1 aromatic rings. The lowest BCUT2D eigenvalue weighted by molar-refractivity contribution is -0.120. The summed E-state index contributed by atoms with van der Waals surface area (Å²) in [6.07, 6.45) is 1.11. The van der Waals surface area contributed by atoms with Crippen molar-refractivity contribution in [3.63, 3.8) is 0 Å². The van der Waals surface area contributed by atoms with Crippen molar-refractivity contribution in [2.75, 3.05) is 13.7 Å². The van der Waals surface area contributed by atoms with Gasteiger partial charge in [0.05, 0.1) is 6.61 Å². The number of aromatic hydroxyl groups is 1. The number of benzene rings is 1. The van der Waals surface area contributed by atoms with Crippen molar-refractivity contribution in [3.8, 4) is 11.5 Å². The van der Waals surface area contributed by atoms with Crippen molar-refractivity contribution in [1.29, 1.82) is 0 Å². The highest BCUT2D eigenvalue weighted by molar-refractivity contribution is 5.75. The Balaban J connectivity index is 2.38. The van der Waals surface area contributed by atoms with E-state index in [1.807, 2.05) is 0 Å². The Bertz CT molecular complexity index is 363. The van der Waals surface area contributed by atoms with Crippen molar-refractivity contribution < 1.29 is 14.6 Å². The molecule has 0 aliphatic rings. The van der Waals surface area contributed by atoms with E-state index in [1.165, 1.54) is 0 Å². The first-order chi connectivity index (χ1) is 7.65. The number of hydrogen-bond acceptors (Lipinski definition) is 3. The summed E-state index contributed by atoms with van der Waals surface area (Å²) >= 11 is 0. The van der Waals surface area contributed by atoms with Crippen LogP contribution in [0.1, 0.15) is 18.4 Å². The van der Waals surface area contributed by atoms with E-state index in [0.717, 1.165) is 5.56 Å². The van der Waals surface area contributed by atoms with Crippen LogP contribution in [0.5, 0.6) is 11.5 Å². The number of amides is 1. The van der Waals surface area contributed by atoms with E-state index >= 15 is 0 Å². The molecule has 0 atom stereocenters. The summed E-state index contributed by atoms with van der Waals surface area (Å²) in [6, 6.07) is 5.15. The second kappa shape index (κ2) is 6.00. The number of ether oxygens (including phenoxy) is 1. The quantitative estimate of drug-likeness (QED) is 0.745. The third-order valence-electron chi connectivity index (χ3n) is 2.34. The molecule has 0 radical (unpaired) electrons. The predicted octanol–water partition coefficient (Wildman–Crippen LogP) is 1.61. The average molecular weight is 223 g/mol. The topological polar surface area (TPSA) is 58.6 Å². The maximum absolute atomic E-state index is 10.9. The smallest absolute Gasteiger partial charge is 0.219 e. The molecule has 16 heavy (non-hydrogen) atoms. The van der Waals surface area contributed by atoms with E-state index in [2.05, 4.69) is 5.32 Å². The van der Waals surface area contributed by atoms with E-state index in [9.17, 15) is 9.90 Å². The standard InChI is InChI=1S/C12H17NO3/c1-9-10(14)5-3-6-11(9)16-8-4-7-12(15)13-2/h3,5-6,14H,4,7-8H2,1-2H3,(H,13,15). The maximum Gasteiger partial charge on any atom is 0.219 e. The average Bonchev–Trinajstić information content (AvgIpc) is 2.29. The SMILES string of the molecule is CNC(=O)CCCOc1cccc(O)c1C. The van der Waals surface area contributed by atoms with Gasteiger partial charge in [0, 0.05) is 19.0 Å². The summed E-state index contributed by atoms with van der Waals surface area (Å²) in [4.78, 5) is 10.9. The van der Waals surface area contributed by atoms with E-state index in [0.29, 0.717) is 25.2 Å². The molecule has 0 spiro atoms. The highest BCUT2D eigenvalue weighted by Crippen LogP contribution is 2.25. The maximum atomic E-state index is 10.9. The number of hydrogen-bond donors (Lipinski definition) is 2. The minimum atomic E-state index is 0.0104. The Hall–Kier alpha value is -1.71. The number of rotatable bonds is 5. The van der Waals surface area contributed by atoms with Crippen molar-refractivity contribution in [2.45, 2.75) is 19.8 Å². The fourth-order valence-electron chi connectivity index (χ4n) is 1.30. The van der Waals surface area contributed by atoms with Crippen LogP contribution < -0.4 is 10.1 Å². The summed E-state index contributed by atoms with van der Waals surface area (Å²) in [6.45, 7) is 2.27. The molecule has 2 N–H and O–H groups in total. The van der Waals surface area contributed by atoms with Crippen LogP contribution in [0.3, 0.4) is 0 Å². The minimum absolute atomic E-state index is 0.0104. The molecular weight excluding hydrogens is 206 g/mol. The zero-order valence-corrected chi connectivity index (χ0v) is 9.62. The lowest BCUT2D eigenvalue weighted by Gasteiger charge is -2.09. The molecule has 0 aromatic heterocycles. The molecule has 0 aliphatic carbocycles. The third-order valence-corrected chi connectivity index (χ3v) is 2.34. The highest BCUT2D eigenvalue weighted by atomic mass is 16.5. The van der Waals surface area contributed by atoms with E-state index in [1.54, 1.807) is 32.2 Å². The van der Waals surface area contributed by atoms with Gasteiger partial charge < -0.3 is 15.2 Å². The number of carbonyl (C=O) groups excluding carboxylic acids is 1. The molecule has 4 nitrogen and oxygen atoms in total. The Morgan fingerprint density at radius 3 is 2.94 bits per heavy atom. The van der Waals surface area contributed by atoms with Gasteiger partial charge in [-0.25, -0.2) is 0 Å². The summed E-state index contributed by atoms with van der Waals surface area (Å²) in [5.74, 6) is 0.900. The molecule has 0 heterocycles. The highest BCUT2D eigenvalue weighted by Gasteiger charge is 2.03. The minimum Gasteiger partial charge on any atom is -0.508 e. The van der Waals surface area contributed by atoms with Gasteiger partial charge in [-0.2, -0.15) is 0 Å². The van der Waals surface area contributed by atoms with E-state index in [-0.39, 0.29) is 11.7 Å². The lowest BCUT2D eigenvalue weighted by atomic mass is 10.2. The molecular formula is C12H17NO3. The molecule has 0 saturated heterocycles. The van der Waals surface area contributed by atoms with Crippen LogP contribution in [0.2, 0.25) is 0 Å². The molecule has 0 aliphatic heterocycles. The first-order valence-electron chi connectivity index (χ1n) is 5.27. The summed E-state index contributed by atoms with van der Waals surface area (Å²) < 4.78 is 5.47. The second-order valence-corrected chi connectivity index (χ2v) is 3.53. The first kappa shape index (κ1) is 12.4. The monoisotopic (exact) mass is 223 g/mol. The van der Waals surface area contributed by atoms with Crippen LogP contribution in [-0.2, 0) is 4.79 Å². The summed E-state index contributed by atoms with van der Waals surface area (Å²) in [5, 5.41) is 12.0. The molecule has 0 fully saturated rings. The van der Waals surface area contributed by atoms with Crippen LogP contribution in [-0.4, -0.2) is 24.7 Å². The zero-order chi connectivity index (χ0) is 12.0. The van der Waals surface area contributed by atoms with Crippen LogP contribution in [0.4, 0.5) is 0 Å². The van der Waals surface area contributed by atoms with Gasteiger partial charge >= 0.3 is 0 Å². The first-order valence-corrected chi connectivity index (χ1v) is 5.27. The van der Waals surface area contributed by atoms with E-state index in [4.69, 9.17) is 4.74 Å². The van der Waals surface area contributed by atoms with Crippen LogP contribution >= 0.6 is 0 Å². The number of phenolic OH excluding ortho intramolecular Hbond substituents is 1. The van der Waals surface area contributed by atoms with Crippen molar-refractivity contribution in [1.82, 2.24) is 5.32 Å². The van der Waals surface area contributed by atoms with Gasteiger partial charge in [0.2, 0.25) is 5.91 Å². The largest absolute Gasteiger partial charge is 0.508 e. The van der Waals surface area contributed by atoms with Crippen LogP contribution in [0.25, 0.3) is 0 Å². The molecule has 0 saturated carbocycles. The van der Waals surface area contributed by atoms with Crippen molar-refractivity contribution in [3.05, 3.63) is 23.8 Å². The zero-order valence-electron chi connectivity index (χ0n) is 9.62. The molecule has 88 valence electrons. The Labute approximate surface area is 95.2 Å². The van der Waals surface area contributed by atoms with Crippen molar-refractivity contribution in [2.24, 2.45) is 0 Å². The Kier molecular flexibility index (Phi) is 4.64. The van der Waals surface area contributed by atoms with Gasteiger partial charge in [0.25, 0.3) is 0 Å². The van der Waals surface area contributed by atoms with E-state index < -0.39 is 0 Å². The third kappa shape index (κ3) is 3.46. The Morgan fingerprint density at radius 2 is 2.25 bits per heavy atom. The van der Waals surface area contributed by atoms with Crippen LogP contribution in [0, 0.1) is 6.92 Å². The van der Waals surface area contributed by atoms with Gasteiger partial charge in [0.15, 0.2) is 0 Å². The molecule has 0 unspecified atom stereocenters. The molecule has 1 amide bonds. The number of nitrogens with one attached hydrogen (secondary N) is 1. The van der Waals surface area contributed by atoms with Crippen LogP contribution in [0.15, 0.2) is 18.2 Å². The molecule has 1 rings (SSSR count). The summed E-state index contributed by atoms with van der Waals surface area (Å²) in [7, 11) is 1.61. The van der Waals surface area contributed by atoms with Gasteiger partial charge in [-0.1, -0.05) is 6.07 Å².